The molecule has 0 fully saturated rings. The summed E-state index contributed by atoms with van der Waals surface area (Å²) in [7, 11) is 0. The molecule has 0 bridgehead atoms. The van der Waals surface area contributed by atoms with Crippen molar-refractivity contribution >= 4 is 29.8 Å². The Morgan fingerprint density at radius 2 is 2.12 bits per heavy atom. The molecule has 1 heterocycles. The Hall–Kier alpha value is -2.15. The molecular weight excluding hydrogens is 238 g/mol. The van der Waals surface area contributed by atoms with Crippen molar-refractivity contribution in [1.82, 2.24) is 14.8 Å². The fourth-order valence-corrected chi connectivity index (χ4v) is 1.70. The molecule has 6 nitrogen and oxygen atoms in total. The third-order valence-electron chi connectivity index (χ3n) is 2.14. The molecule has 0 aliphatic heterocycles. The molecule has 0 saturated carbocycles. The number of carbonyl (C=O) groups is 1. The van der Waals surface area contributed by atoms with Crippen LogP contribution in [0.15, 0.2) is 24.3 Å². The van der Waals surface area contributed by atoms with Gasteiger partial charge in [0.15, 0.2) is 0 Å². The van der Waals surface area contributed by atoms with E-state index in [9.17, 15) is 4.79 Å². The summed E-state index contributed by atoms with van der Waals surface area (Å²) in [5.41, 5.74) is 7.18. The first-order valence-corrected chi connectivity index (χ1v) is 5.29. The highest BCUT2D eigenvalue weighted by atomic mass is 32.1. The van der Waals surface area contributed by atoms with E-state index in [4.69, 9.17) is 18.0 Å². The number of nitrogens with zero attached hydrogens (tertiary/aromatic N) is 2. The number of H-pyrrole nitrogens is 1. The Kier molecular flexibility index (Phi) is 2.92. The second kappa shape index (κ2) is 4.38. The van der Waals surface area contributed by atoms with Crippen molar-refractivity contribution in [2.45, 2.75) is 6.92 Å². The predicted molar refractivity (Wildman–Crippen MR) is 67.5 cm³/mol. The summed E-state index contributed by atoms with van der Waals surface area (Å²) in [6.45, 7) is 1.46. The number of aromatic amines is 1. The smallest absolute Gasteiger partial charge is 0.225 e. The predicted octanol–water partition coefficient (Wildman–Crippen LogP) is 1.47. The van der Waals surface area contributed by atoms with Crippen molar-refractivity contribution < 1.29 is 4.79 Å². The van der Waals surface area contributed by atoms with E-state index < -0.39 is 0 Å². The first-order valence-electron chi connectivity index (χ1n) is 4.89. The lowest BCUT2D eigenvalue weighted by molar-refractivity contribution is -0.114. The number of hydrogen-bond acceptors (Lipinski definition) is 4. The van der Waals surface area contributed by atoms with Gasteiger partial charge >= 0.3 is 0 Å². The minimum atomic E-state index is -0.114. The van der Waals surface area contributed by atoms with Gasteiger partial charge in [-0.25, -0.2) is 5.10 Å². The number of carbonyl (C=O) groups excluding carboxylic acids is 1. The normalized spacial score (nSPS) is 10.2. The third-order valence-corrected chi connectivity index (χ3v) is 2.42. The topological polar surface area (TPSA) is 88.7 Å². The van der Waals surface area contributed by atoms with E-state index in [1.54, 1.807) is 28.8 Å². The van der Waals surface area contributed by atoms with Gasteiger partial charge in [0, 0.05) is 12.6 Å². The Morgan fingerprint density at radius 3 is 2.59 bits per heavy atom. The SMILES string of the molecule is CC(=O)Nc1ccc(-n2c(N)n[nH]c2=S)cc1. The van der Waals surface area contributed by atoms with Crippen LogP contribution in [0.4, 0.5) is 11.6 Å². The lowest BCUT2D eigenvalue weighted by Gasteiger charge is -2.05. The van der Waals surface area contributed by atoms with Crippen LogP contribution in [0.1, 0.15) is 6.92 Å². The second-order valence-corrected chi connectivity index (χ2v) is 3.84. The zero-order valence-corrected chi connectivity index (χ0v) is 9.91. The number of aromatic nitrogens is 3. The van der Waals surface area contributed by atoms with E-state index in [1.165, 1.54) is 6.92 Å². The van der Waals surface area contributed by atoms with Crippen molar-refractivity contribution in [2.24, 2.45) is 0 Å². The Bertz CT molecular complexity index is 598. The minimum Gasteiger partial charge on any atom is -0.368 e. The summed E-state index contributed by atoms with van der Waals surface area (Å²) in [6, 6.07) is 7.13. The fourth-order valence-electron chi connectivity index (χ4n) is 1.46. The molecule has 0 aliphatic rings. The molecule has 0 aliphatic carbocycles. The standard InChI is InChI=1S/C10H11N5OS/c1-6(16)12-7-2-4-8(5-3-7)15-9(11)13-14-10(15)17/h2-5H,1H3,(H2,11,13)(H,12,16)(H,14,17). The van der Waals surface area contributed by atoms with E-state index in [2.05, 4.69) is 15.5 Å². The van der Waals surface area contributed by atoms with Crippen molar-refractivity contribution in [3.8, 4) is 5.69 Å². The molecule has 0 radical (unpaired) electrons. The molecule has 0 atom stereocenters. The van der Waals surface area contributed by atoms with Gasteiger partial charge in [-0.05, 0) is 36.5 Å². The molecule has 1 amide bonds. The van der Waals surface area contributed by atoms with Crippen LogP contribution in [0.5, 0.6) is 0 Å². The third kappa shape index (κ3) is 2.34. The van der Waals surface area contributed by atoms with E-state index in [-0.39, 0.29) is 5.91 Å². The number of hydrogen-bond donors (Lipinski definition) is 3. The summed E-state index contributed by atoms with van der Waals surface area (Å²) < 4.78 is 2.03. The highest BCUT2D eigenvalue weighted by Crippen LogP contribution is 2.15. The summed E-state index contributed by atoms with van der Waals surface area (Å²) in [5.74, 6) is 0.180. The first kappa shape index (κ1) is 11.3. The molecule has 7 heteroatoms. The molecule has 17 heavy (non-hydrogen) atoms. The van der Waals surface area contributed by atoms with Gasteiger partial charge in [-0.3, -0.25) is 9.36 Å². The molecule has 0 saturated heterocycles. The summed E-state index contributed by atoms with van der Waals surface area (Å²) in [4.78, 5) is 10.9. The number of anilines is 2. The number of nitrogens with two attached hydrogens (primary N) is 1. The average molecular weight is 249 g/mol. The van der Waals surface area contributed by atoms with Gasteiger partial charge in [0.05, 0.1) is 5.69 Å². The van der Waals surface area contributed by atoms with Crippen molar-refractivity contribution in [1.29, 1.82) is 0 Å². The van der Waals surface area contributed by atoms with Gasteiger partial charge in [-0.15, -0.1) is 5.10 Å². The Labute approximate surface area is 102 Å². The fraction of sp³-hybridized carbons (Fsp3) is 0.100. The maximum Gasteiger partial charge on any atom is 0.225 e. The molecule has 2 aromatic rings. The quantitative estimate of drug-likeness (QED) is 0.703. The molecule has 2 rings (SSSR count). The van der Waals surface area contributed by atoms with E-state index >= 15 is 0 Å². The lowest BCUT2D eigenvalue weighted by atomic mass is 10.3. The maximum atomic E-state index is 10.9. The highest BCUT2D eigenvalue weighted by Gasteiger charge is 2.04. The molecule has 0 unspecified atom stereocenters. The Morgan fingerprint density at radius 1 is 1.47 bits per heavy atom. The largest absolute Gasteiger partial charge is 0.368 e. The molecule has 1 aromatic heterocycles. The van der Waals surface area contributed by atoms with Crippen LogP contribution >= 0.6 is 12.2 Å². The van der Waals surface area contributed by atoms with E-state index in [0.29, 0.717) is 10.7 Å². The van der Waals surface area contributed by atoms with E-state index in [0.717, 1.165) is 11.4 Å². The van der Waals surface area contributed by atoms with Crippen LogP contribution in [-0.2, 0) is 4.79 Å². The minimum absolute atomic E-state index is 0.114. The molecule has 88 valence electrons. The lowest BCUT2D eigenvalue weighted by Crippen LogP contribution is -2.06. The van der Waals surface area contributed by atoms with E-state index in [1.807, 2.05) is 0 Å². The van der Waals surface area contributed by atoms with Gasteiger partial charge in [0.2, 0.25) is 16.6 Å². The van der Waals surface area contributed by atoms with Crippen LogP contribution in [-0.4, -0.2) is 20.7 Å². The zero-order valence-electron chi connectivity index (χ0n) is 9.10. The average Bonchev–Trinajstić information content (AvgIpc) is 2.59. The number of nitrogen functional groups attached to an aromatic ring is 1. The number of benzene rings is 1. The monoisotopic (exact) mass is 249 g/mol. The van der Waals surface area contributed by atoms with Crippen LogP contribution in [0.3, 0.4) is 0 Å². The van der Waals surface area contributed by atoms with Gasteiger partial charge in [0.1, 0.15) is 0 Å². The van der Waals surface area contributed by atoms with Crippen LogP contribution in [0, 0.1) is 4.77 Å². The second-order valence-electron chi connectivity index (χ2n) is 3.45. The van der Waals surface area contributed by atoms with Crippen LogP contribution in [0.2, 0.25) is 0 Å². The summed E-state index contributed by atoms with van der Waals surface area (Å²) >= 11 is 5.05. The van der Waals surface area contributed by atoms with Gasteiger partial charge in [0.25, 0.3) is 0 Å². The van der Waals surface area contributed by atoms with Crippen molar-refractivity contribution in [2.75, 3.05) is 11.1 Å². The first-order chi connectivity index (χ1) is 8.08. The summed E-state index contributed by atoms with van der Waals surface area (Å²) in [6.07, 6.45) is 0. The molecule has 4 N–H and O–H groups in total. The van der Waals surface area contributed by atoms with Crippen molar-refractivity contribution in [3.05, 3.63) is 29.0 Å². The number of nitrogens with one attached hydrogen (secondary N) is 2. The highest BCUT2D eigenvalue weighted by molar-refractivity contribution is 7.71. The Balaban J connectivity index is 2.36. The van der Waals surface area contributed by atoms with Crippen molar-refractivity contribution in [3.63, 3.8) is 0 Å². The zero-order chi connectivity index (χ0) is 12.4. The van der Waals surface area contributed by atoms with Gasteiger partial charge in [-0.2, -0.15) is 0 Å². The van der Waals surface area contributed by atoms with Crippen LogP contribution in [0.25, 0.3) is 5.69 Å². The van der Waals surface area contributed by atoms with Gasteiger partial charge < -0.3 is 11.1 Å². The molecule has 0 spiro atoms. The number of rotatable bonds is 2. The van der Waals surface area contributed by atoms with Crippen LogP contribution < -0.4 is 11.1 Å². The maximum absolute atomic E-state index is 10.9. The molecular formula is C10H11N5OS. The molecule has 1 aromatic carbocycles. The summed E-state index contributed by atoms with van der Waals surface area (Å²) in [5, 5.41) is 9.10. The van der Waals surface area contributed by atoms with Gasteiger partial charge in [-0.1, -0.05) is 0 Å². The number of amides is 1.